The first kappa shape index (κ1) is 31.4. The molecule has 0 unspecified atom stereocenters. The third-order valence-electron chi connectivity index (χ3n) is 8.28. The van der Waals surface area contributed by atoms with Gasteiger partial charge in [0.2, 0.25) is 5.95 Å². The summed E-state index contributed by atoms with van der Waals surface area (Å²) in [5.74, 6) is 1.00. The maximum absolute atomic E-state index is 15.1. The summed E-state index contributed by atoms with van der Waals surface area (Å²) in [6.45, 7) is 11.2. The Balaban J connectivity index is 1.06. The SMILES string of the molecule is CC(C)(C)OC(=O)N1CC[C@H](Oc2ccc(-c3ncnc(Nc4ccc(N5CCN(C6COC6)CC5)cc4)n3)cc2C#N)[C@H](F)C1. The Kier molecular flexibility index (Phi) is 9.19. The maximum atomic E-state index is 15.1. The number of alkyl halides is 1. The summed E-state index contributed by atoms with van der Waals surface area (Å²) in [5.41, 5.74) is 2.17. The molecule has 3 aliphatic rings. The molecule has 3 aliphatic heterocycles. The number of benzene rings is 2. The number of nitriles is 1. The van der Waals surface area contributed by atoms with Gasteiger partial charge in [-0.1, -0.05) is 0 Å². The van der Waals surface area contributed by atoms with Crippen LogP contribution in [0.5, 0.6) is 5.75 Å². The van der Waals surface area contributed by atoms with Gasteiger partial charge in [0.1, 0.15) is 29.9 Å². The number of hydrogen-bond donors (Lipinski definition) is 1. The Labute approximate surface area is 268 Å². The Morgan fingerprint density at radius 1 is 1.07 bits per heavy atom. The van der Waals surface area contributed by atoms with Crippen molar-refractivity contribution in [3.63, 3.8) is 0 Å². The fourth-order valence-corrected chi connectivity index (χ4v) is 5.69. The first-order chi connectivity index (χ1) is 22.1. The number of nitrogens with zero attached hydrogens (tertiary/aromatic N) is 7. The van der Waals surface area contributed by atoms with Gasteiger partial charge in [0.05, 0.1) is 31.4 Å². The Morgan fingerprint density at radius 3 is 2.48 bits per heavy atom. The number of ether oxygens (including phenoxy) is 3. The van der Waals surface area contributed by atoms with Crippen LogP contribution in [0.15, 0.2) is 48.8 Å². The molecule has 4 heterocycles. The van der Waals surface area contributed by atoms with Crippen LogP contribution in [0.3, 0.4) is 0 Å². The van der Waals surface area contributed by atoms with Crippen LogP contribution in [0.1, 0.15) is 32.8 Å². The first-order valence-electron chi connectivity index (χ1n) is 15.6. The number of piperidine rings is 1. The molecule has 0 bridgehead atoms. The molecule has 3 saturated heterocycles. The van der Waals surface area contributed by atoms with E-state index in [1.54, 1.807) is 39.0 Å². The molecular weight excluding hydrogens is 591 g/mol. The predicted octanol–water partition coefficient (Wildman–Crippen LogP) is 4.40. The fourth-order valence-electron chi connectivity index (χ4n) is 5.69. The van der Waals surface area contributed by atoms with Gasteiger partial charge in [-0.2, -0.15) is 10.2 Å². The Morgan fingerprint density at radius 2 is 1.83 bits per heavy atom. The highest BCUT2D eigenvalue weighted by molar-refractivity contribution is 5.68. The van der Waals surface area contributed by atoms with E-state index in [2.05, 4.69) is 48.3 Å². The molecule has 12 nitrogen and oxygen atoms in total. The number of amides is 1. The third kappa shape index (κ3) is 7.46. The van der Waals surface area contributed by atoms with Crippen LogP contribution in [0, 0.1) is 11.3 Å². The molecule has 2 aromatic carbocycles. The van der Waals surface area contributed by atoms with Crippen LogP contribution >= 0.6 is 0 Å². The average molecular weight is 631 g/mol. The third-order valence-corrected chi connectivity index (χ3v) is 8.28. The lowest BCUT2D eigenvalue weighted by molar-refractivity contribution is -0.0660. The molecule has 46 heavy (non-hydrogen) atoms. The summed E-state index contributed by atoms with van der Waals surface area (Å²) in [5, 5.41) is 13.1. The van der Waals surface area contributed by atoms with Crippen molar-refractivity contribution < 1.29 is 23.4 Å². The summed E-state index contributed by atoms with van der Waals surface area (Å²) in [4.78, 5) is 31.7. The van der Waals surface area contributed by atoms with E-state index in [0.29, 0.717) is 23.4 Å². The second kappa shape index (κ2) is 13.4. The summed E-state index contributed by atoms with van der Waals surface area (Å²) in [7, 11) is 0. The molecule has 2 atom stereocenters. The second-order valence-electron chi connectivity index (χ2n) is 12.7. The zero-order chi connectivity index (χ0) is 32.3. The minimum atomic E-state index is -1.43. The van der Waals surface area contributed by atoms with Gasteiger partial charge >= 0.3 is 6.09 Å². The smallest absolute Gasteiger partial charge is 0.410 e. The van der Waals surface area contributed by atoms with Crippen molar-refractivity contribution in [3.05, 3.63) is 54.4 Å². The lowest BCUT2D eigenvalue weighted by atomic mass is 10.1. The molecule has 0 radical (unpaired) electrons. The quantitative estimate of drug-likeness (QED) is 0.399. The number of halogens is 1. The van der Waals surface area contributed by atoms with Crippen LogP contribution in [-0.2, 0) is 9.47 Å². The molecule has 1 amide bonds. The number of aromatic nitrogens is 3. The van der Waals surface area contributed by atoms with Crippen molar-refractivity contribution in [2.24, 2.45) is 0 Å². The van der Waals surface area contributed by atoms with Gasteiger partial charge in [-0.05, 0) is 63.2 Å². The number of rotatable bonds is 7. The van der Waals surface area contributed by atoms with E-state index in [0.717, 1.165) is 45.1 Å². The largest absolute Gasteiger partial charge is 0.486 e. The van der Waals surface area contributed by atoms with E-state index >= 15 is 4.39 Å². The number of carbonyl (C=O) groups excluding carboxylic acids is 1. The molecule has 0 saturated carbocycles. The van der Waals surface area contributed by atoms with E-state index in [-0.39, 0.29) is 30.8 Å². The van der Waals surface area contributed by atoms with Crippen molar-refractivity contribution in [2.75, 3.05) is 62.7 Å². The number of carbonyl (C=O) groups is 1. The molecule has 0 spiro atoms. The Hall–Kier alpha value is -4.54. The summed E-state index contributed by atoms with van der Waals surface area (Å²) in [6, 6.07) is 15.9. The standard InChI is InChI=1S/C33H39FN8O4/c1-33(2,3)46-32(43)42-11-10-29(27(34)18-42)45-28-9-4-22(16-23(28)17-35)30-36-21-37-31(39-30)38-24-5-7-25(8-6-24)40-12-14-41(15-13-40)26-19-44-20-26/h4-9,16,21,26-27,29H,10-15,18-20H2,1-3H3,(H,36,37,38,39)/t27-,29+/m1/s1. The number of anilines is 3. The zero-order valence-electron chi connectivity index (χ0n) is 26.4. The van der Waals surface area contributed by atoms with Crippen LogP contribution < -0.4 is 15.0 Å². The summed E-state index contributed by atoms with van der Waals surface area (Å²) in [6.07, 6.45) is -1.11. The van der Waals surface area contributed by atoms with E-state index in [1.807, 2.05) is 12.1 Å². The van der Waals surface area contributed by atoms with Crippen molar-refractivity contribution in [1.82, 2.24) is 24.8 Å². The van der Waals surface area contributed by atoms with Gasteiger partial charge in [0.15, 0.2) is 12.0 Å². The first-order valence-corrected chi connectivity index (χ1v) is 15.6. The maximum Gasteiger partial charge on any atom is 0.410 e. The molecular formula is C33H39FN8O4. The highest BCUT2D eigenvalue weighted by Crippen LogP contribution is 2.29. The van der Waals surface area contributed by atoms with Gasteiger partial charge in [0, 0.05) is 56.1 Å². The minimum absolute atomic E-state index is 0.142. The van der Waals surface area contributed by atoms with Gasteiger partial charge < -0.3 is 29.3 Å². The second-order valence-corrected chi connectivity index (χ2v) is 12.7. The van der Waals surface area contributed by atoms with E-state index in [9.17, 15) is 10.1 Å². The van der Waals surface area contributed by atoms with E-state index < -0.39 is 24.0 Å². The molecule has 13 heteroatoms. The number of hydrogen-bond acceptors (Lipinski definition) is 11. The minimum Gasteiger partial charge on any atom is -0.486 e. The predicted molar refractivity (Wildman–Crippen MR) is 170 cm³/mol. The molecule has 242 valence electrons. The van der Waals surface area contributed by atoms with Crippen LogP contribution in [0.4, 0.5) is 26.5 Å². The zero-order valence-corrected chi connectivity index (χ0v) is 26.4. The highest BCUT2D eigenvalue weighted by Gasteiger charge is 2.35. The molecule has 1 aromatic heterocycles. The topological polar surface area (TPSA) is 129 Å². The molecule has 3 aromatic rings. The van der Waals surface area contributed by atoms with Crippen LogP contribution in [-0.4, -0.2) is 107 Å². The molecule has 3 fully saturated rings. The van der Waals surface area contributed by atoms with Crippen LogP contribution in [0.25, 0.3) is 11.4 Å². The lowest BCUT2D eigenvalue weighted by Gasteiger charge is -2.43. The normalized spacial score (nSPS) is 20.8. The van der Waals surface area contributed by atoms with Crippen molar-refractivity contribution >= 4 is 23.4 Å². The number of likely N-dealkylation sites (tertiary alicyclic amines) is 1. The fraction of sp³-hybridized carbons (Fsp3) is 0.485. The van der Waals surface area contributed by atoms with Crippen molar-refractivity contribution in [1.29, 1.82) is 5.26 Å². The van der Waals surface area contributed by atoms with Gasteiger partial charge in [-0.25, -0.2) is 19.2 Å². The number of piperazine rings is 1. The average Bonchev–Trinajstić information content (AvgIpc) is 3.01. The van der Waals surface area contributed by atoms with Gasteiger partial charge in [0.25, 0.3) is 0 Å². The lowest BCUT2D eigenvalue weighted by Crippen LogP contribution is -2.56. The Bertz CT molecular complexity index is 1570. The summed E-state index contributed by atoms with van der Waals surface area (Å²) < 4.78 is 31.7. The van der Waals surface area contributed by atoms with Crippen molar-refractivity contribution in [2.45, 2.75) is 51.1 Å². The molecule has 1 N–H and O–H groups in total. The number of nitrogens with one attached hydrogen (secondary N) is 1. The van der Waals surface area contributed by atoms with Gasteiger partial charge in [-0.15, -0.1) is 0 Å². The van der Waals surface area contributed by atoms with Crippen LogP contribution in [0.2, 0.25) is 0 Å². The summed E-state index contributed by atoms with van der Waals surface area (Å²) >= 11 is 0. The van der Waals surface area contributed by atoms with Gasteiger partial charge in [-0.3, -0.25) is 4.90 Å². The van der Waals surface area contributed by atoms with Crippen molar-refractivity contribution in [3.8, 4) is 23.2 Å². The molecule has 0 aliphatic carbocycles. The molecule has 6 rings (SSSR count). The van der Waals surface area contributed by atoms with E-state index in [4.69, 9.17) is 14.2 Å². The highest BCUT2D eigenvalue weighted by atomic mass is 19.1. The monoisotopic (exact) mass is 630 g/mol. The van der Waals surface area contributed by atoms with E-state index in [1.165, 1.54) is 16.9 Å².